The first-order chi connectivity index (χ1) is 14.3. The Hall–Kier alpha value is -3.55. The van der Waals surface area contributed by atoms with E-state index in [4.69, 9.17) is 0 Å². The molecule has 1 amide bonds. The summed E-state index contributed by atoms with van der Waals surface area (Å²) in [6.07, 6.45) is 10.8. The van der Waals surface area contributed by atoms with Crippen molar-refractivity contribution in [2.75, 3.05) is 13.1 Å². The zero-order valence-electron chi connectivity index (χ0n) is 15.9. The number of piperidine rings is 1. The molecule has 5 heterocycles. The zero-order chi connectivity index (χ0) is 19.6. The number of hydrogen-bond donors (Lipinski definition) is 1. The number of carbonyl (C=O) groups excluding carboxylic acids is 1. The van der Waals surface area contributed by atoms with Crippen LogP contribution in [0.4, 0.5) is 0 Å². The summed E-state index contributed by atoms with van der Waals surface area (Å²) in [7, 11) is 0. The number of pyridine rings is 2. The number of nitrogens with one attached hydrogen (secondary N) is 1. The minimum absolute atomic E-state index is 0.00469. The Balaban J connectivity index is 1.35. The minimum atomic E-state index is -0.00469. The van der Waals surface area contributed by atoms with E-state index in [1.165, 1.54) is 0 Å². The molecule has 29 heavy (non-hydrogen) atoms. The quantitative estimate of drug-likeness (QED) is 0.581. The number of hydrogen-bond acceptors (Lipinski definition) is 5. The third-order valence-corrected chi connectivity index (χ3v) is 5.38. The van der Waals surface area contributed by atoms with Crippen LogP contribution >= 0.6 is 0 Å². The lowest BCUT2D eigenvalue weighted by atomic mass is 9.97. The Morgan fingerprint density at radius 3 is 2.97 bits per heavy atom. The maximum absolute atomic E-state index is 13.1. The largest absolute Gasteiger partial charge is 0.348 e. The molecule has 0 bridgehead atoms. The van der Waals surface area contributed by atoms with E-state index in [1.807, 2.05) is 39.9 Å². The van der Waals surface area contributed by atoms with Crippen LogP contribution < -0.4 is 0 Å². The highest BCUT2D eigenvalue weighted by Gasteiger charge is 2.27. The van der Waals surface area contributed by atoms with Gasteiger partial charge in [-0.25, -0.2) is 15.0 Å². The molecule has 0 aliphatic carbocycles. The van der Waals surface area contributed by atoms with Gasteiger partial charge in [-0.1, -0.05) is 6.07 Å². The summed E-state index contributed by atoms with van der Waals surface area (Å²) >= 11 is 0. The monoisotopic (exact) mass is 387 g/mol. The van der Waals surface area contributed by atoms with Gasteiger partial charge in [-0.3, -0.25) is 9.78 Å². The number of likely N-dealkylation sites (tertiary alicyclic amines) is 1. The molecule has 1 unspecified atom stereocenters. The van der Waals surface area contributed by atoms with Gasteiger partial charge < -0.3 is 14.5 Å². The van der Waals surface area contributed by atoms with E-state index in [9.17, 15) is 4.79 Å². The van der Waals surface area contributed by atoms with Gasteiger partial charge in [0.15, 0.2) is 5.65 Å². The van der Waals surface area contributed by atoms with Crippen molar-refractivity contribution in [1.29, 1.82) is 0 Å². The fraction of sp³-hybridized carbons (Fsp3) is 0.286. The van der Waals surface area contributed by atoms with Gasteiger partial charge in [0.25, 0.3) is 5.91 Å². The standard InChI is InChI=1S/C21H21N7O/c29-21(27-9-3-4-15(12-27)19-23-7-8-24-19)16-10-18-20(25-11-16)28(14-26-18)13-17-5-1-2-6-22-17/h1-2,5-8,10-11,14-15H,3-4,9,12-13H2,(H,23,24). The Bertz CT molecular complexity index is 1120. The first-order valence-electron chi connectivity index (χ1n) is 9.77. The van der Waals surface area contributed by atoms with Gasteiger partial charge in [0, 0.05) is 43.8 Å². The summed E-state index contributed by atoms with van der Waals surface area (Å²) in [5.41, 5.74) is 2.97. The van der Waals surface area contributed by atoms with Crippen LogP contribution in [-0.4, -0.2) is 53.4 Å². The van der Waals surface area contributed by atoms with Crippen molar-refractivity contribution in [1.82, 2.24) is 34.4 Å². The highest BCUT2D eigenvalue weighted by atomic mass is 16.2. The Morgan fingerprint density at radius 2 is 2.14 bits per heavy atom. The van der Waals surface area contributed by atoms with Crippen LogP contribution in [0.2, 0.25) is 0 Å². The zero-order valence-corrected chi connectivity index (χ0v) is 15.9. The molecule has 1 aliphatic rings. The smallest absolute Gasteiger partial charge is 0.255 e. The first kappa shape index (κ1) is 17.5. The molecule has 8 nitrogen and oxygen atoms in total. The van der Waals surface area contributed by atoms with E-state index in [-0.39, 0.29) is 11.8 Å². The van der Waals surface area contributed by atoms with Crippen molar-refractivity contribution in [3.8, 4) is 0 Å². The lowest BCUT2D eigenvalue weighted by molar-refractivity contribution is 0.0704. The number of aromatic amines is 1. The van der Waals surface area contributed by atoms with Gasteiger partial charge in [-0.15, -0.1) is 0 Å². The molecule has 146 valence electrons. The van der Waals surface area contributed by atoms with Crippen LogP contribution in [0.3, 0.4) is 0 Å². The molecule has 1 saturated heterocycles. The van der Waals surface area contributed by atoms with Gasteiger partial charge in [0.1, 0.15) is 11.3 Å². The summed E-state index contributed by atoms with van der Waals surface area (Å²) in [4.78, 5) is 35.8. The second-order valence-electron chi connectivity index (χ2n) is 7.33. The second-order valence-corrected chi connectivity index (χ2v) is 7.33. The van der Waals surface area contributed by atoms with Crippen LogP contribution in [0.5, 0.6) is 0 Å². The molecule has 1 N–H and O–H groups in total. The summed E-state index contributed by atoms with van der Waals surface area (Å²) in [5.74, 6) is 1.19. The van der Waals surface area contributed by atoms with Crippen molar-refractivity contribution in [2.45, 2.75) is 25.3 Å². The third-order valence-electron chi connectivity index (χ3n) is 5.38. The molecule has 0 saturated carbocycles. The fourth-order valence-electron chi connectivity index (χ4n) is 3.92. The molecular formula is C21H21N7O. The minimum Gasteiger partial charge on any atom is -0.348 e. The lowest BCUT2D eigenvalue weighted by Crippen LogP contribution is -2.39. The summed E-state index contributed by atoms with van der Waals surface area (Å²) in [6, 6.07) is 7.65. The maximum atomic E-state index is 13.1. The van der Waals surface area contributed by atoms with E-state index >= 15 is 0 Å². The average Bonchev–Trinajstić information content (AvgIpc) is 3.44. The van der Waals surface area contributed by atoms with E-state index in [0.29, 0.717) is 24.2 Å². The number of H-pyrrole nitrogens is 1. The molecule has 5 rings (SSSR count). The molecule has 1 aliphatic heterocycles. The van der Waals surface area contributed by atoms with Crippen molar-refractivity contribution >= 4 is 17.1 Å². The number of imidazole rings is 2. The molecule has 0 aromatic carbocycles. The average molecular weight is 387 g/mol. The molecule has 8 heteroatoms. The normalized spacial score (nSPS) is 17.0. The lowest BCUT2D eigenvalue weighted by Gasteiger charge is -2.31. The predicted molar refractivity (Wildman–Crippen MR) is 107 cm³/mol. The van der Waals surface area contributed by atoms with Gasteiger partial charge in [0.05, 0.1) is 24.1 Å². The first-order valence-corrected chi connectivity index (χ1v) is 9.77. The molecule has 4 aromatic heterocycles. The molecule has 1 fully saturated rings. The molecule has 4 aromatic rings. The highest BCUT2D eigenvalue weighted by Crippen LogP contribution is 2.25. The van der Waals surface area contributed by atoms with Crippen LogP contribution in [0.1, 0.15) is 40.6 Å². The van der Waals surface area contributed by atoms with Gasteiger partial charge >= 0.3 is 0 Å². The van der Waals surface area contributed by atoms with Crippen molar-refractivity contribution < 1.29 is 4.79 Å². The Kier molecular flexibility index (Phi) is 4.51. The fourth-order valence-corrected chi connectivity index (χ4v) is 3.92. The summed E-state index contributed by atoms with van der Waals surface area (Å²) in [6.45, 7) is 2.01. The highest BCUT2D eigenvalue weighted by molar-refractivity contribution is 5.96. The molecule has 0 spiro atoms. The predicted octanol–water partition coefficient (Wildman–Crippen LogP) is 2.62. The molecule has 1 atom stereocenters. The van der Waals surface area contributed by atoms with Crippen LogP contribution in [0.25, 0.3) is 11.2 Å². The van der Waals surface area contributed by atoms with Crippen molar-refractivity contribution in [3.63, 3.8) is 0 Å². The number of aromatic nitrogens is 6. The van der Waals surface area contributed by atoms with Gasteiger partial charge in [-0.2, -0.15) is 0 Å². The van der Waals surface area contributed by atoms with Crippen LogP contribution in [-0.2, 0) is 6.54 Å². The van der Waals surface area contributed by atoms with E-state index in [0.717, 1.165) is 36.6 Å². The number of amides is 1. The Labute approximate surface area is 167 Å². The summed E-state index contributed by atoms with van der Waals surface area (Å²) in [5, 5.41) is 0. The van der Waals surface area contributed by atoms with E-state index in [2.05, 4.69) is 24.9 Å². The van der Waals surface area contributed by atoms with Crippen LogP contribution in [0.15, 0.2) is 55.4 Å². The maximum Gasteiger partial charge on any atom is 0.255 e. The third kappa shape index (κ3) is 3.49. The topological polar surface area (TPSA) is 92.6 Å². The Morgan fingerprint density at radius 1 is 1.17 bits per heavy atom. The summed E-state index contributed by atoms with van der Waals surface area (Å²) < 4.78 is 1.94. The molecule has 0 radical (unpaired) electrons. The van der Waals surface area contributed by atoms with Gasteiger partial charge in [0.2, 0.25) is 0 Å². The number of fused-ring (bicyclic) bond motifs is 1. The van der Waals surface area contributed by atoms with E-state index < -0.39 is 0 Å². The number of carbonyl (C=O) groups is 1. The van der Waals surface area contributed by atoms with E-state index in [1.54, 1.807) is 24.9 Å². The molecular weight excluding hydrogens is 366 g/mol. The SMILES string of the molecule is O=C(c1cnc2c(c1)ncn2Cc1ccccn1)N1CCCC(c2ncc[nH]2)C1. The number of rotatable bonds is 4. The van der Waals surface area contributed by atoms with Crippen molar-refractivity contribution in [3.05, 3.63) is 72.5 Å². The number of nitrogens with zero attached hydrogens (tertiary/aromatic N) is 6. The van der Waals surface area contributed by atoms with Crippen LogP contribution in [0, 0.1) is 0 Å². The van der Waals surface area contributed by atoms with Crippen molar-refractivity contribution in [2.24, 2.45) is 0 Å². The second kappa shape index (κ2) is 7.46. The van der Waals surface area contributed by atoms with Gasteiger partial charge in [-0.05, 0) is 31.0 Å².